The summed E-state index contributed by atoms with van der Waals surface area (Å²) in [5.74, 6) is 0.727. The number of nitrogens with one attached hydrogen (secondary N) is 1. The second-order valence-electron chi connectivity index (χ2n) is 4.82. The molecule has 1 fully saturated rings. The molecule has 0 amide bonds. The SMILES string of the molecule is CC(C)CNC1(CN)CCCCC1. The normalized spacial score (nSPS) is 22.2. The summed E-state index contributed by atoms with van der Waals surface area (Å²) in [6.07, 6.45) is 6.64. The molecule has 1 saturated carbocycles. The van der Waals surface area contributed by atoms with E-state index in [-0.39, 0.29) is 5.54 Å². The van der Waals surface area contributed by atoms with Crippen molar-refractivity contribution in [3.8, 4) is 0 Å². The van der Waals surface area contributed by atoms with Gasteiger partial charge in [-0.25, -0.2) is 0 Å². The van der Waals surface area contributed by atoms with Crippen LogP contribution in [-0.4, -0.2) is 18.6 Å². The summed E-state index contributed by atoms with van der Waals surface area (Å²) in [6, 6.07) is 0. The third-order valence-corrected chi connectivity index (χ3v) is 3.09. The molecule has 1 aliphatic rings. The van der Waals surface area contributed by atoms with Crippen molar-refractivity contribution in [2.24, 2.45) is 11.7 Å². The fourth-order valence-corrected chi connectivity index (χ4v) is 2.10. The van der Waals surface area contributed by atoms with E-state index >= 15 is 0 Å². The van der Waals surface area contributed by atoms with Crippen molar-refractivity contribution < 1.29 is 0 Å². The molecular weight excluding hydrogens is 160 g/mol. The third-order valence-electron chi connectivity index (χ3n) is 3.09. The molecule has 0 aromatic carbocycles. The van der Waals surface area contributed by atoms with E-state index in [1.165, 1.54) is 32.1 Å². The van der Waals surface area contributed by atoms with Gasteiger partial charge in [-0.2, -0.15) is 0 Å². The van der Waals surface area contributed by atoms with Gasteiger partial charge in [0.25, 0.3) is 0 Å². The van der Waals surface area contributed by atoms with E-state index in [4.69, 9.17) is 5.73 Å². The van der Waals surface area contributed by atoms with Gasteiger partial charge in [-0.15, -0.1) is 0 Å². The number of rotatable bonds is 4. The van der Waals surface area contributed by atoms with Crippen LogP contribution in [0, 0.1) is 5.92 Å². The molecule has 0 bridgehead atoms. The van der Waals surface area contributed by atoms with Gasteiger partial charge in [-0.3, -0.25) is 0 Å². The van der Waals surface area contributed by atoms with E-state index in [0.29, 0.717) is 0 Å². The standard InChI is InChI=1S/C11H24N2/c1-10(2)8-13-11(9-12)6-4-3-5-7-11/h10,13H,3-9,12H2,1-2H3. The molecule has 78 valence electrons. The first kappa shape index (κ1) is 11.0. The van der Waals surface area contributed by atoms with E-state index in [0.717, 1.165) is 19.0 Å². The molecule has 2 heteroatoms. The maximum absolute atomic E-state index is 5.86. The van der Waals surface area contributed by atoms with Gasteiger partial charge in [0.2, 0.25) is 0 Å². The molecule has 1 aliphatic carbocycles. The predicted molar refractivity (Wildman–Crippen MR) is 57.7 cm³/mol. The van der Waals surface area contributed by atoms with Crippen molar-refractivity contribution >= 4 is 0 Å². The largest absolute Gasteiger partial charge is 0.329 e. The van der Waals surface area contributed by atoms with Gasteiger partial charge in [-0.05, 0) is 25.3 Å². The zero-order chi connectivity index (χ0) is 9.73. The maximum Gasteiger partial charge on any atom is 0.0304 e. The molecule has 1 rings (SSSR count). The first-order chi connectivity index (χ1) is 6.18. The van der Waals surface area contributed by atoms with Crippen LogP contribution in [-0.2, 0) is 0 Å². The fourth-order valence-electron chi connectivity index (χ4n) is 2.10. The van der Waals surface area contributed by atoms with Gasteiger partial charge in [0, 0.05) is 12.1 Å². The van der Waals surface area contributed by atoms with Gasteiger partial charge in [0.1, 0.15) is 0 Å². The Morgan fingerprint density at radius 2 is 1.85 bits per heavy atom. The molecule has 0 radical (unpaired) electrons. The average Bonchev–Trinajstić information content (AvgIpc) is 2.16. The Morgan fingerprint density at radius 3 is 2.31 bits per heavy atom. The van der Waals surface area contributed by atoms with Crippen LogP contribution in [0.25, 0.3) is 0 Å². The molecule has 0 spiro atoms. The summed E-state index contributed by atoms with van der Waals surface area (Å²) in [7, 11) is 0. The van der Waals surface area contributed by atoms with E-state index < -0.39 is 0 Å². The van der Waals surface area contributed by atoms with Crippen molar-refractivity contribution in [3.63, 3.8) is 0 Å². The average molecular weight is 184 g/mol. The lowest BCUT2D eigenvalue weighted by molar-refractivity contribution is 0.230. The quantitative estimate of drug-likeness (QED) is 0.700. The summed E-state index contributed by atoms with van der Waals surface area (Å²) < 4.78 is 0. The molecule has 0 unspecified atom stereocenters. The summed E-state index contributed by atoms with van der Waals surface area (Å²) in [6.45, 7) is 6.41. The number of nitrogens with two attached hydrogens (primary N) is 1. The molecule has 13 heavy (non-hydrogen) atoms. The van der Waals surface area contributed by atoms with Crippen LogP contribution in [0.3, 0.4) is 0 Å². The topological polar surface area (TPSA) is 38.0 Å². The van der Waals surface area contributed by atoms with Crippen molar-refractivity contribution in [2.45, 2.75) is 51.5 Å². The van der Waals surface area contributed by atoms with Crippen molar-refractivity contribution in [1.29, 1.82) is 0 Å². The molecule has 0 aromatic rings. The molecule has 3 N–H and O–H groups in total. The minimum atomic E-state index is 0.280. The summed E-state index contributed by atoms with van der Waals surface area (Å²) in [4.78, 5) is 0. The summed E-state index contributed by atoms with van der Waals surface area (Å²) in [5.41, 5.74) is 6.14. The van der Waals surface area contributed by atoms with Gasteiger partial charge in [0.15, 0.2) is 0 Å². The van der Waals surface area contributed by atoms with Crippen molar-refractivity contribution in [1.82, 2.24) is 5.32 Å². The van der Waals surface area contributed by atoms with E-state index in [2.05, 4.69) is 19.2 Å². The lowest BCUT2D eigenvalue weighted by Crippen LogP contribution is -2.53. The lowest BCUT2D eigenvalue weighted by atomic mass is 9.81. The Balaban J connectivity index is 2.38. The maximum atomic E-state index is 5.86. The molecule has 0 aromatic heterocycles. The predicted octanol–water partition coefficient (Wildman–Crippen LogP) is 1.89. The monoisotopic (exact) mass is 184 g/mol. The van der Waals surface area contributed by atoms with Crippen LogP contribution in [0.15, 0.2) is 0 Å². The van der Waals surface area contributed by atoms with Crippen LogP contribution in [0.1, 0.15) is 46.0 Å². The lowest BCUT2D eigenvalue weighted by Gasteiger charge is -2.38. The molecule has 0 heterocycles. The minimum absolute atomic E-state index is 0.280. The Morgan fingerprint density at radius 1 is 1.23 bits per heavy atom. The highest BCUT2D eigenvalue weighted by Gasteiger charge is 2.29. The van der Waals surface area contributed by atoms with Gasteiger partial charge >= 0.3 is 0 Å². The highest BCUT2D eigenvalue weighted by Crippen LogP contribution is 2.27. The highest BCUT2D eigenvalue weighted by atomic mass is 15.0. The molecule has 0 atom stereocenters. The summed E-state index contributed by atoms with van der Waals surface area (Å²) >= 11 is 0. The van der Waals surface area contributed by atoms with Crippen molar-refractivity contribution in [2.75, 3.05) is 13.1 Å². The van der Waals surface area contributed by atoms with Gasteiger partial charge in [-0.1, -0.05) is 33.1 Å². The van der Waals surface area contributed by atoms with E-state index in [1.54, 1.807) is 0 Å². The fraction of sp³-hybridized carbons (Fsp3) is 1.00. The van der Waals surface area contributed by atoms with Gasteiger partial charge < -0.3 is 11.1 Å². The zero-order valence-electron chi connectivity index (χ0n) is 9.10. The Kier molecular flexibility index (Phi) is 4.20. The minimum Gasteiger partial charge on any atom is -0.329 e. The molecular formula is C11H24N2. The zero-order valence-corrected chi connectivity index (χ0v) is 9.10. The summed E-state index contributed by atoms with van der Waals surface area (Å²) in [5, 5.41) is 3.66. The smallest absolute Gasteiger partial charge is 0.0304 e. The van der Waals surface area contributed by atoms with Crippen LogP contribution in [0.5, 0.6) is 0 Å². The van der Waals surface area contributed by atoms with Crippen molar-refractivity contribution in [3.05, 3.63) is 0 Å². The Hall–Kier alpha value is -0.0800. The first-order valence-corrected chi connectivity index (χ1v) is 5.64. The van der Waals surface area contributed by atoms with Gasteiger partial charge in [0.05, 0.1) is 0 Å². The van der Waals surface area contributed by atoms with Crippen LogP contribution in [0.4, 0.5) is 0 Å². The van der Waals surface area contributed by atoms with Crippen LogP contribution in [0.2, 0.25) is 0 Å². The Labute approximate surface area is 82.3 Å². The van der Waals surface area contributed by atoms with Crippen LogP contribution >= 0.6 is 0 Å². The third kappa shape index (κ3) is 3.28. The Bertz CT molecular complexity index is 137. The van der Waals surface area contributed by atoms with E-state index in [9.17, 15) is 0 Å². The second-order valence-corrected chi connectivity index (χ2v) is 4.82. The second kappa shape index (κ2) is 4.97. The molecule has 0 aliphatic heterocycles. The van der Waals surface area contributed by atoms with Crippen LogP contribution < -0.4 is 11.1 Å². The number of hydrogen-bond donors (Lipinski definition) is 2. The molecule has 2 nitrogen and oxygen atoms in total. The van der Waals surface area contributed by atoms with E-state index in [1.807, 2.05) is 0 Å². The molecule has 0 saturated heterocycles. The number of hydrogen-bond acceptors (Lipinski definition) is 2. The highest BCUT2D eigenvalue weighted by molar-refractivity contribution is 4.91. The first-order valence-electron chi connectivity index (χ1n) is 5.64.